The molecule has 1 aliphatic rings. The van der Waals surface area contributed by atoms with Crippen LogP contribution in [-0.2, 0) is 24.8 Å². The van der Waals surface area contributed by atoms with Crippen molar-refractivity contribution in [1.29, 1.82) is 0 Å². The van der Waals surface area contributed by atoms with Gasteiger partial charge in [-0.15, -0.1) is 0 Å². The van der Waals surface area contributed by atoms with Gasteiger partial charge in [-0.2, -0.15) is 13.7 Å². The van der Waals surface area contributed by atoms with Crippen LogP contribution in [-0.4, -0.2) is 75.5 Å². The Morgan fingerprint density at radius 2 is 1.53 bits per heavy atom. The zero-order valence-corrected chi connectivity index (χ0v) is 22.0. The van der Waals surface area contributed by atoms with Gasteiger partial charge in [-0.25, -0.2) is 22.3 Å². The van der Waals surface area contributed by atoms with Crippen molar-refractivity contribution in [2.75, 3.05) is 26.7 Å². The summed E-state index contributed by atoms with van der Waals surface area (Å²) in [7, 11) is -6.75. The highest BCUT2D eigenvalue weighted by Gasteiger charge is 2.43. The van der Waals surface area contributed by atoms with E-state index in [1.54, 1.807) is 48.5 Å². The van der Waals surface area contributed by atoms with Crippen LogP contribution in [0.3, 0.4) is 0 Å². The van der Waals surface area contributed by atoms with Crippen LogP contribution in [0.25, 0.3) is 0 Å². The molecule has 200 valence electrons. The largest absolute Gasteiger partial charge is 0.504 e. The molecular weight excluding hydrogens is 532 g/mol. The molecule has 13 heteroatoms. The number of hydrogen-bond donors (Lipinski definition) is 2. The highest BCUT2D eigenvalue weighted by molar-refractivity contribution is 7.89. The number of phenolic OH excluding ortho intramolecular Hbond substituents is 1. The maximum absolute atomic E-state index is 13.4. The second-order valence-electron chi connectivity index (χ2n) is 8.25. The lowest BCUT2D eigenvalue weighted by Crippen LogP contribution is -2.60. The molecule has 1 heterocycles. The molecule has 0 saturated carbocycles. The van der Waals surface area contributed by atoms with Gasteiger partial charge in [-0.1, -0.05) is 42.5 Å². The molecule has 0 aromatic heterocycles. The van der Waals surface area contributed by atoms with E-state index in [4.69, 9.17) is 4.74 Å². The fraction of sp³-hybridized carbons (Fsp3) is 0.200. The molecule has 0 radical (unpaired) electrons. The summed E-state index contributed by atoms with van der Waals surface area (Å²) in [5.74, 6) is -0.829. The monoisotopic (exact) mass is 558 g/mol. The number of rotatable bonds is 8. The molecule has 3 aromatic carbocycles. The number of amides is 1. The number of carbonyl (C=O) groups excluding carboxylic acids is 1. The minimum Gasteiger partial charge on any atom is -0.504 e. The molecule has 0 aliphatic carbocycles. The molecule has 0 spiro atoms. The van der Waals surface area contributed by atoms with Crippen molar-refractivity contribution in [1.82, 2.24) is 14.0 Å². The van der Waals surface area contributed by atoms with Crippen LogP contribution in [0.2, 0.25) is 0 Å². The van der Waals surface area contributed by atoms with Crippen LogP contribution < -0.4 is 10.2 Å². The number of para-hydroxylation sites is 1. The smallest absolute Gasteiger partial charge is 0.259 e. The van der Waals surface area contributed by atoms with E-state index in [2.05, 4.69) is 10.5 Å². The van der Waals surface area contributed by atoms with Crippen molar-refractivity contribution in [2.24, 2.45) is 5.10 Å². The van der Waals surface area contributed by atoms with Crippen LogP contribution in [0.4, 0.5) is 0 Å². The van der Waals surface area contributed by atoms with Crippen molar-refractivity contribution in [2.45, 2.75) is 15.8 Å². The number of ether oxygens (including phenoxy) is 1. The third kappa shape index (κ3) is 5.55. The topological polar surface area (TPSA) is 146 Å². The number of aromatic hydroxyl groups is 1. The third-order valence-corrected chi connectivity index (χ3v) is 9.76. The van der Waals surface area contributed by atoms with Gasteiger partial charge >= 0.3 is 0 Å². The summed E-state index contributed by atoms with van der Waals surface area (Å²) in [5.41, 5.74) is 2.53. The number of nitrogens with zero attached hydrogens (tertiary/aromatic N) is 3. The molecule has 1 amide bonds. The van der Waals surface area contributed by atoms with Gasteiger partial charge in [0.25, 0.3) is 5.91 Å². The molecule has 1 fully saturated rings. The van der Waals surface area contributed by atoms with E-state index >= 15 is 0 Å². The first-order valence-corrected chi connectivity index (χ1v) is 14.3. The first kappa shape index (κ1) is 27.3. The second-order valence-corrected chi connectivity index (χ2v) is 12.1. The molecule has 1 aliphatic heterocycles. The number of carbonyl (C=O) groups is 1. The summed E-state index contributed by atoms with van der Waals surface area (Å²) in [5, 5.41) is 14.1. The van der Waals surface area contributed by atoms with Crippen LogP contribution >= 0.6 is 0 Å². The predicted octanol–water partition coefficient (Wildman–Crippen LogP) is 1.61. The number of nitrogens with one attached hydrogen (secondary N) is 1. The van der Waals surface area contributed by atoms with Gasteiger partial charge < -0.3 is 9.84 Å². The Bertz CT molecular complexity index is 1530. The van der Waals surface area contributed by atoms with Gasteiger partial charge in [-0.3, -0.25) is 4.79 Å². The molecule has 1 atom stereocenters. The summed E-state index contributed by atoms with van der Waals surface area (Å²) >= 11 is 0. The lowest BCUT2D eigenvalue weighted by atomic mass is 10.2. The van der Waals surface area contributed by atoms with Crippen LogP contribution in [0.1, 0.15) is 5.56 Å². The molecular formula is C25H26N4O7S2. The van der Waals surface area contributed by atoms with Gasteiger partial charge in [-0.05, 0) is 36.4 Å². The number of sulfonamides is 2. The summed E-state index contributed by atoms with van der Waals surface area (Å²) in [6, 6.07) is 18.6. The number of hydrazone groups is 1. The quantitative estimate of drug-likeness (QED) is 0.316. The zero-order chi connectivity index (χ0) is 27.3. The van der Waals surface area contributed by atoms with E-state index in [0.29, 0.717) is 0 Å². The van der Waals surface area contributed by atoms with Gasteiger partial charge in [0, 0.05) is 25.2 Å². The number of hydrogen-bond acceptors (Lipinski definition) is 8. The van der Waals surface area contributed by atoms with Gasteiger partial charge in [0.2, 0.25) is 20.0 Å². The normalized spacial score (nSPS) is 17.3. The van der Waals surface area contributed by atoms with Gasteiger partial charge in [0.15, 0.2) is 11.5 Å². The van der Waals surface area contributed by atoms with Crippen LogP contribution in [0.5, 0.6) is 11.5 Å². The van der Waals surface area contributed by atoms with E-state index in [-0.39, 0.29) is 39.9 Å². The minimum absolute atomic E-state index is 0.0260. The standard InChI is InChI=1S/C25H26N4O7S2/c1-36-23-14-8-9-19(24(23)30)17-26-27-25(31)22-18-28(37(32,33)20-10-4-2-5-11-20)15-16-29(22)38(34,35)21-12-6-3-7-13-21/h2-14,17,22,30H,15-16,18H2,1H3,(H,27,31)/b26-17+/t22-/m1/s1. The summed E-state index contributed by atoms with van der Waals surface area (Å²) in [4.78, 5) is 13.3. The van der Waals surface area contributed by atoms with E-state index in [1.807, 2.05) is 0 Å². The SMILES string of the molecule is COc1cccc(/C=N/NC(=O)[C@H]2CN(S(=O)(=O)c3ccccc3)CCN2S(=O)(=O)c2ccccc2)c1O. The number of piperazine rings is 1. The number of benzene rings is 3. The van der Waals surface area contributed by atoms with Crippen molar-refractivity contribution < 1.29 is 31.5 Å². The first-order chi connectivity index (χ1) is 18.2. The molecule has 4 rings (SSSR count). The Balaban J connectivity index is 1.63. The summed E-state index contributed by atoms with van der Waals surface area (Å²) in [6.45, 7) is -0.815. The van der Waals surface area contributed by atoms with Crippen LogP contribution in [0, 0.1) is 0 Å². The lowest BCUT2D eigenvalue weighted by molar-refractivity contribution is -0.125. The summed E-state index contributed by atoms with van der Waals surface area (Å²) < 4.78 is 60.4. The van der Waals surface area contributed by atoms with Crippen molar-refractivity contribution in [3.63, 3.8) is 0 Å². The Hall–Kier alpha value is -3.78. The van der Waals surface area contributed by atoms with E-state index < -0.39 is 38.5 Å². The average Bonchev–Trinajstić information content (AvgIpc) is 2.94. The highest BCUT2D eigenvalue weighted by Crippen LogP contribution is 2.28. The molecule has 0 unspecified atom stereocenters. The third-order valence-electron chi connectivity index (χ3n) is 5.96. The fourth-order valence-corrected chi connectivity index (χ4v) is 7.03. The van der Waals surface area contributed by atoms with Gasteiger partial charge in [0.1, 0.15) is 6.04 Å². The van der Waals surface area contributed by atoms with Crippen molar-refractivity contribution in [3.8, 4) is 11.5 Å². The Kier molecular flexibility index (Phi) is 8.11. The zero-order valence-electron chi connectivity index (χ0n) is 20.3. The Labute approximate surface area is 221 Å². The lowest BCUT2D eigenvalue weighted by Gasteiger charge is -2.38. The highest BCUT2D eigenvalue weighted by atomic mass is 32.2. The predicted molar refractivity (Wildman–Crippen MR) is 140 cm³/mol. The molecule has 11 nitrogen and oxygen atoms in total. The fourth-order valence-electron chi connectivity index (χ4n) is 3.98. The minimum atomic E-state index is -4.14. The van der Waals surface area contributed by atoms with Crippen LogP contribution in [0.15, 0.2) is 93.8 Å². The molecule has 3 aromatic rings. The maximum Gasteiger partial charge on any atom is 0.259 e. The molecule has 1 saturated heterocycles. The molecule has 0 bridgehead atoms. The van der Waals surface area contributed by atoms with Crippen molar-refractivity contribution in [3.05, 3.63) is 84.4 Å². The van der Waals surface area contributed by atoms with Crippen molar-refractivity contribution >= 4 is 32.2 Å². The first-order valence-electron chi connectivity index (χ1n) is 11.5. The Morgan fingerprint density at radius 1 is 0.921 bits per heavy atom. The van der Waals surface area contributed by atoms with E-state index in [9.17, 15) is 26.7 Å². The maximum atomic E-state index is 13.4. The summed E-state index contributed by atoms with van der Waals surface area (Å²) in [6.07, 6.45) is 1.17. The van der Waals surface area contributed by atoms with E-state index in [1.165, 1.54) is 43.7 Å². The second kappa shape index (κ2) is 11.3. The number of phenols is 1. The number of methoxy groups -OCH3 is 1. The molecule has 2 N–H and O–H groups in total. The van der Waals surface area contributed by atoms with Gasteiger partial charge in [0.05, 0.1) is 23.1 Å². The average molecular weight is 559 g/mol. The molecule has 38 heavy (non-hydrogen) atoms. The Morgan fingerprint density at radius 3 is 2.13 bits per heavy atom. The van der Waals surface area contributed by atoms with E-state index in [0.717, 1.165) is 8.61 Å².